The van der Waals surface area contributed by atoms with Crippen LogP contribution in [-0.4, -0.2) is 42.8 Å². The van der Waals surface area contributed by atoms with Crippen LogP contribution in [0.25, 0.3) is 0 Å². The molecular weight excluding hydrogens is 298 g/mol. The summed E-state index contributed by atoms with van der Waals surface area (Å²) in [6.07, 6.45) is -0.240. The van der Waals surface area contributed by atoms with E-state index in [0.717, 1.165) is 30.0 Å². The fourth-order valence-corrected chi connectivity index (χ4v) is 2.63. The Morgan fingerprint density at radius 2 is 1.86 bits per heavy atom. The van der Waals surface area contributed by atoms with Crippen LogP contribution < -0.4 is 10.6 Å². The molecule has 22 heavy (non-hydrogen) atoms. The highest BCUT2D eigenvalue weighted by Crippen LogP contribution is 2.23. The molecule has 1 heterocycles. The second kappa shape index (κ2) is 6.69. The largest absolute Gasteiger partial charge is 0.444 e. The van der Waals surface area contributed by atoms with E-state index in [0.29, 0.717) is 18.8 Å². The van der Waals surface area contributed by atoms with Crippen LogP contribution in [0, 0.1) is 0 Å². The lowest BCUT2D eigenvalue weighted by Crippen LogP contribution is -2.50. The number of nitrogen functional groups attached to an aromatic ring is 1. The molecule has 0 saturated carbocycles. The van der Waals surface area contributed by atoms with Gasteiger partial charge in [-0.25, -0.2) is 4.79 Å². The molecule has 122 valence electrons. The molecule has 1 saturated heterocycles. The number of nitrogens with two attached hydrogens (primary N) is 1. The molecule has 6 heteroatoms. The number of thiol groups is 1. The third kappa shape index (κ3) is 4.47. The molecule has 1 aliphatic rings. The van der Waals surface area contributed by atoms with Crippen LogP contribution in [0.15, 0.2) is 18.2 Å². The Kier molecular flexibility index (Phi) is 5.11. The van der Waals surface area contributed by atoms with Crippen molar-refractivity contribution < 1.29 is 9.53 Å². The molecule has 0 aliphatic carbocycles. The van der Waals surface area contributed by atoms with Crippen molar-refractivity contribution in [1.29, 1.82) is 0 Å². The first-order valence-corrected chi connectivity index (χ1v) is 8.15. The fourth-order valence-electron chi connectivity index (χ4n) is 2.45. The van der Waals surface area contributed by atoms with Crippen LogP contribution >= 0.6 is 12.6 Å². The summed E-state index contributed by atoms with van der Waals surface area (Å²) in [5.41, 5.74) is 8.43. The van der Waals surface area contributed by atoms with E-state index in [-0.39, 0.29) is 6.09 Å². The molecule has 0 radical (unpaired) electrons. The quantitative estimate of drug-likeness (QED) is 0.649. The van der Waals surface area contributed by atoms with Crippen LogP contribution in [0.2, 0.25) is 0 Å². The molecule has 0 atom stereocenters. The first kappa shape index (κ1) is 16.8. The maximum atomic E-state index is 12.1. The van der Waals surface area contributed by atoms with E-state index < -0.39 is 5.60 Å². The number of benzene rings is 1. The highest BCUT2D eigenvalue weighted by molar-refractivity contribution is 7.79. The van der Waals surface area contributed by atoms with E-state index in [1.807, 2.05) is 32.9 Å². The van der Waals surface area contributed by atoms with Gasteiger partial charge in [-0.2, -0.15) is 12.6 Å². The summed E-state index contributed by atoms with van der Waals surface area (Å²) < 4.78 is 5.41. The van der Waals surface area contributed by atoms with Gasteiger partial charge < -0.3 is 20.3 Å². The zero-order valence-electron chi connectivity index (χ0n) is 13.5. The molecule has 0 bridgehead atoms. The van der Waals surface area contributed by atoms with Gasteiger partial charge in [-0.05, 0) is 44.5 Å². The zero-order valence-corrected chi connectivity index (χ0v) is 14.4. The molecule has 2 rings (SSSR count). The number of carbonyl (C=O) groups is 1. The SMILES string of the molecule is CC(C)(C)OC(=O)N1CCN(c2cc(N)cc(CS)c2)CC1. The van der Waals surface area contributed by atoms with Gasteiger partial charge in [0.25, 0.3) is 0 Å². The molecular formula is C16H25N3O2S. The Labute approximate surface area is 137 Å². The minimum Gasteiger partial charge on any atom is -0.444 e. The maximum absolute atomic E-state index is 12.1. The van der Waals surface area contributed by atoms with Crippen LogP contribution in [0.5, 0.6) is 0 Å². The summed E-state index contributed by atoms with van der Waals surface area (Å²) in [5.74, 6) is 0.663. The van der Waals surface area contributed by atoms with Gasteiger partial charge in [0.05, 0.1) is 0 Å². The van der Waals surface area contributed by atoms with Crippen molar-refractivity contribution in [2.75, 3.05) is 36.8 Å². The molecule has 0 unspecified atom stereocenters. The molecule has 2 N–H and O–H groups in total. The molecule has 1 fully saturated rings. The van der Waals surface area contributed by atoms with Gasteiger partial charge in [-0.15, -0.1) is 0 Å². The maximum Gasteiger partial charge on any atom is 0.410 e. The Hall–Kier alpha value is -1.56. The minimum absolute atomic E-state index is 0.240. The number of rotatable bonds is 2. The number of nitrogens with zero attached hydrogens (tertiary/aromatic N) is 2. The second-order valence-corrected chi connectivity index (χ2v) is 6.86. The van der Waals surface area contributed by atoms with E-state index in [1.54, 1.807) is 4.90 Å². The summed E-state index contributed by atoms with van der Waals surface area (Å²) in [6.45, 7) is 8.50. The van der Waals surface area contributed by atoms with Gasteiger partial charge in [0.1, 0.15) is 5.60 Å². The van der Waals surface area contributed by atoms with Crippen LogP contribution in [0.4, 0.5) is 16.2 Å². The Balaban J connectivity index is 1.97. The Morgan fingerprint density at radius 1 is 1.23 bits per heavy atom. The third-order valence-corrected chi connectivity index (χ3v) is 3.84. The lowest BCUT2D eigenvalue weighted by atomic mass is 10.1. The number of amides is 1. The van der Waals surface area contributed by atoms with Crippen molar-refractivity contribution in [3.63, 3.8) is 0 Å². The minimum atomic E-state index is -0.455. The molecule has 1 aromatic carbocycles. The van der Waals surface area contributed by atoms with Gasteiger partial charge in [0.2, 0.25) is 0 Å². The van der Waals surface area contributed by atoms with Crippen LogP contribution in [-0.2, 0) is 10.5 Å². The first-order valence-electron chi connectivity index (χ1n) is 7.52. The summed E-state index contributed by atoms with van der Waals surface area (Å²) in [6, 6.07) is 6.01. The lowest BCUT2D eigenvalue weighted by molar-refractivity contribution is 0.0240. The van der Waals surface area contributed by atoms with Crippen molar-refractivity contribution in [2.45, 2.75) is 32.1 Å². The molecule has 0 spiro atoms. The monoisotopic (exact) mass is 323 g/mol. The Bertz CT molecular complexity index is 535. The number of anilines is 2. The van der Waals surface area contributed by atoms with Crippen LogP contribution in [0.1, 0.15) is 26.3 Å². The van der Waals surface area contributed by atoms with Crippen molar-refractivity contribution in [3.8, 4) is 0 Å². The normalized spacial score (nSPS) is 15.8. The van der Waals surface area contributed by atoms with Gasteiger partial charge in [0.15, 0.2) is 0 Å². The van der Waals surface area contributed by atoms with Crippen LogP contribution in [0.3, 0.4) is 0 Å². The highest BCUT2D eigenvalue weighted by Gasteiger charge is 2.26. The van der Waals surface area contributed by atoms with Crippen molar-refractivity contribution in [3.05, 3.63) is 23.8 Å². The predicted molar refractivity (Wildman–Crippen MR) is 93.6 cm³/mol. The van der Waals surface area contributed by atoms with Crippen molar-refractivity contribution in [2.24, 2.45) is 0 Å². The molecule has 1 aliphatic heterocycles. The predicted octanol–water partition coefficient (Wildman–Crippen LogP) is 2.76. The number of hydrogen-bond donors (Lipinski definition) is 2. The van der Waals surface area contributed by atoms with Gasteiger partial charge in [-0.3, -0.25) is 0 Å². The molecule has 0 aromatic heterocycles. The van der Waals surface area contributed by atoms with E-state index in [1.165, 1.54) is 0 Å². The summed E-state index contributed by atoms with van der Waals surface area (Å²) >= 11 is 4.31. The van der Waals surface area contributed by atoms with E-state index >= 15 is 0 Å². The second-order valence-electron chi connectivity index (χ2n) is 6.55. The zero-order chi connectivity index (χ0) is 16.3. The summed E-state index contributed by atoms with van der Waals surface area (Å²) in [5, 5.41) is 0. The fraction of sp³-hybridized carbons (Fsp3) is 0.562. The van der Waals surface area contributed by atoms with Gasteiger partial charge >= 0.3 is 6.09 Å². The Morgan fingerprint density at radius 3 is 2.41 bits per heavy atom. The van der Waals surface area contributed by atoms with E-state index in [2.05, 4.69) is 23.6 Å². The smallest absolute Gasteiger partial charge is 0.410 e. The van der Waals surface area contributed by atoms with Crippen molar-refractivity contribution in [1.82, 2.24) is 4.90 Å². The van der Waals surface area contributed by atoms with E-state index in [4.69, 9.17) is 10.5 Å². The first-order chi connectivity index (χ1) is 10.3. The number of piperazine rings is 1. The standard InChI is InChI=1S/C16H25N3O2S/c1-16(2,3)21-15(20)19-6-4-18(5-7-19)14-9-12(11-22)8-13(17)10-14/h8-10,22H,4-7,11,17H2,1-3H3. The molecule has 1 amide bonds. The summed E-state index contributed by atoms with van der Waals surface area (Å²) in [7, 11) is 0. The molecule has 5 nitrogen and oxygen atoms in total. The molecule has 1 aromatic rings. The average molecular weight is 323 g/mol. The average Bonchev–Trinajstić information content (AvgIpc) is 2.45. The van der Waals surface area contributed by atoms with Gasteiger partial charge in [0, 0.05) is 43.3 Å². The number of carbonyl (C=O) groups excluding carboxylic acids is 1. The number of hydrogen-bond acceptors (Lipinski definition) is 5. The highest BCUT2D eigenvalue weighted by atomic mass is 32.1. The number of ether oxygens (including phenoxy) is 1. The lowest BCUT2D eigenvalue weighted by Gasteiger charge is -2.37. The van der Waals surface area contributed by atoms with Crippen molar-refractivity contribution >= 4 is 30.1 Å². The topological polar surface area (TPSA) is 58.8 Å². The summed E-state index contributed by atoms with van der Waals surface area (Å²) in [4.78, 5) is 16.1. The van der Waals surface area contributed by atoms with E-state index in [9.17, 15) is 4.79 Å². The third-order valence-electron chi connectivity index (χ3n) is 3.48. The van der Waals surface area contributed by atoms with Gasteiger partial charge in [-0.1, -0.05) is 0 Å².